The Morgan fingerprint density at radius 3 is 2.88 bits per heavy atom. The molecule has 0 radical (unpaired) electrons. The summed E-state index contributed by atoms with van der Waals surface area (Å²) in [5.74, 6) is 1.27. The number of thiophene rings is 1. The first-order valence-corrected chi connectivity index (χ1v) is 11.9. The van der Waals surface area contributed by atoms with Gasteiger partial charge in [-0.25, -0.2) is 4.98 Å². The third-order valence-electron chi connectivity index (χ3n) is 5.88. The van der Waals surface area contributed by atoms with Crippen molar-refractivity contribution in [3.8, 4) is 5.75 Å². The van der Waals surface area contributed by atoms with E-state index in [2.05, 4.69) is 21.4 Å². The van der Waals surface area contributed by atoms with Gasteiger partial charge < -0.3 is 15.0 Å². The van der Waals surface area contributed by atoms with Crippen LogP contribution in [0.5, 0.6) is 5.75 Å². The van der Waals surface area contributed by atoms with Crippen LogP contribution in [0.4, 0.5) is 0 Å². The molecule has 1 amide bonds. The smallest absolute Gasteiger partial charge is 0.259 e. The quantitative estimate of drug-likeness (QED) is 0.417. The monoisotopic (exact) mass is 447 g/mol. The molecule has 2 heterocycles. The molecule has 0 aliphatic heterocycles. The molecular weight excluding hydrogens is 422 g/mol. The number of benzene rings is 2. The predicted molar refractivity (Wildman–Crippen MR) is 128 cm³/mol. The lowest BCUT2D eigenvalue weighted by molar-refractivity contribution is -0.121. The molecule has 2 aromatic carbocycles. The van der Waals surface area contributed by atoms with Crippen molar-refractivity contribution >= 4 is 38.2 Å². The molecule has 4 aromatic rings. The molecule has 0 unspecified atom stereocenters. The number of nitrogens with zero attached hydrogens (tertiary/aromatic N) is 1. The van der Waals surface area contributed by atoms with Crippen molar-refractivity contribution in [2.24, 2.45) is 0 Å². The summed E-state index contributed by atoms with van der Waals surface area (Å²) in [4.78, 5) is 34.4. The molecule has 32 heavy (non-hydrogen) atoms. The molecule has 2 N–H and O–H groups in total. The highest BCUT2D eigenvalue weighted by molar-refractivity contribution is 7.18. The summed E-state index contributed by atoms with van der Waals surface area (Å²) in [6.45, 7) is 0.818. The Morgan fingerprint density at radius 2 is 1.97 bits per heavy atom. The van der Waals surface area contributed by atoms with Gasteiger partial charge in [-0.2, -0.15) is 0 Å². The normalized spacial score (nSPS) is 13.2. The first-order chi connectivity index (χ1) is 15.7. The van der Waals surface area contributed by atoms with Gasteiger partial charge in [0.25, 0.3) is 5.56 Å². The lowest BCUT2D eigenvalue weighted by atomic mass is 9.97. The van der Waals surface area contributed by atoms with Crippen molar-refractivity contribution in [2.45, 2.75) is 38.5 Å². The van der Waals surface area contributed by atoms with Crippen LogP contribution in [0.1, 0.15) is 35.5 Å². The van der Waals surface area contributed by atoms with Crippen LogP contribution < -0.4 is 15.6 Å². The van der Waals surface area contributed by atoms with Crippen LogP contribution in [0.3, 0.4) is 0 Å². The highest BCUT2D eigenvalue weighted by Gasteiger charge is 2.19. The minimum Gasteiger partial charge on any atom is -0.492 e. The van der Waals surface area contributed by atoms with Crippen molar-refractivity contribution < 1.29 is 9.53 Å². The van der Waals surface area contributed by atoms with Gasteiger partial charge in [-0.05, 0) is 54.2 Å². The van der Waals surface area contributed by atoms with E-state index >= 15 is 0 Å². The summed E-state index contributed by atoms with van der Waals surface area (Å²) in [6, 6.07) is 14.1. The van der Waals surface area contributed by atoms with Gasteiger partial charge in [-0.1, -0.05) is 30.3 Å². The number of rotatable bonds is 7. The number of aromatic amines is 1. The fourth-order valence-electron chi connectivity index (χ4n) is 4.26. The Balaban J connectivity index is 1.12. The van der Waals surface area contributed by atoms with Gasteiger partial charge in [0.15, 0.2) is 0 Å². The van der Waals surface area contributed by atoms with Gasteiger partial charge >= 0.3 is 0 Å². The Kier molecular flexibility index (Phi) is 5.90. The average molecular weight is 448 g/mol. The second kappa shape index (κ2) is 9.12. The van der Waals surface area contributed by atoms with Gasteiger partial charge in [-0.15, -0.1) is 11.3 Å². The Labute approximate surface area is 189 Å². The number of fused-ring (bicyclic) bond motifs is 4. The molecule has 0 spiro atoms. The van der Waals surface area contributed by atoms with E-state index in [0.717, 1.165) is 40.6 Å². The molecule has 0 saturated heterocycles. The predicted octanol–water partition coefficient (Wildman–Crippen LogP) is 4.14. The number of carbonyl (C=O) groups excluding carboxylic acids is 1. The number of carbonyl (C=O) groups is 1. The molecule has 1 aliphatic rings. The number of ether oxygens (including phenoxy) is 1. The lowest BCUT2D eigenvalue weighted by Gasteiger charge is -2.09. The van der Waals surface area contributed by atoms with E-state index in [1.807, 2.05) is 36.4 Å². The maximum Gasteiger partial charge on any atom is 0.259 e. The van der Waals surface area contributed by atoms with Gasteiger partial charge in [0.1, 0.15) is 23.0 Å². The summed E-state index contributed by atoms with van der Waals surface area (Å²) in [7, 11) is 0. The maximum absolute atomic E-state index is 12.6. The fourth-order valence-corrected chi connectivity index (χ4v) is 5.54. The van der Waals surface area contributed by atoms with Crippen LogP contribution in [0, 0.1) is 0 Å². The molecule has 0 saturated carbocycles. The summed E-state index contributed by atoms with van der Waals surface area (Å²) >= 11 is 1.63. The van der Waals surface area contributed by atoms with E-state index in [-0.39, 0.29) is 17.9 Å². The number of hydrogen-bond donors (Lipinski definition) is 2. The van der Waals surface area contributed by atoms with E-state index in [4.69, 9.17) is 4.74 Å². The van der Waals surface area contributed by atoms with Crippen LogP contribution in [0.25, 0.3) is 21.0 Å². The summed E-state index contributed by atoms with van der Waals surface area (Å²) in [6.07, 6.45) is 4.98. The first kappa shape index (κ1) is 20.7. The Bertz CT molecular complexity index is 1340. The van der Waals surface area contributed by atoms with E-state index in [9.17, 15) is 9.59 Å². The number of aromatic nitrogens is 2. The number of H-pyrrole nitrogens is 1. The van der Waals surface area contributed by atoms with Crippen molar-refractivity contribution in [1.82, 2.24) is 15.3 Å². The zero-order valence-electron chi connectivity index (χ0n) is 17.8. The summed E-state index contributed by atoms with van der Waals surface area (Å²) < 4.78 is 5.76. The van der Waals surface area contributed by atoms with Crippen LogP contribution in [0.2, 0.25) is 0 Å². The lowest BCUT2D eigenvalue weighted by Crippen LogP contribution is -2.28. The molecule has 0 bridgehead atoms. The number of hydrogen-bond acceptors (Lipinski definition) is 5. The molecule has 7 heteroatoms. The highest BCUT2D eigenvalue weighted by Crippen LogP contribution is 2.33. The summed E-state index contributed by atoms with van der Waals surface area (Å²) in [5.41, 5.74) is 1.11. The van der Waals surface area contributed by atoms with Gasteiger partial charge in [0.2, 0.25) is 5.91 Å². The van der Waals surface area contributed by atoms with Crippen LogP contribution >= 0.6 is 11.3 Å². The van der Waals surface area contributed by atoms with Gasteiger partial charge in [0.05, 0.1) is 11.9 Å². The van der Waals surface area contributed by atoms with E-state index in [0.29, 0.717) is 25.4 Å². The molecule has 2 aromatic heterocycles. The van der Waals surface area contributed by atoms with E-state index < -0.39 is 0 Å². The molecular formula is C25H25N3O3S. The SMILES string of the molecule is O=C(CCc1nc2sc3c(c2c(=O)[nH]1)CCCC3)NCCOc1ccc2ccccc2c1. The topological polar surface area (TPSA) is 84.1 Å². The number of aryl methyl sites for hydroxylation is 3. The van der Waals surface area contributed by atoms with Crippen molar-refractivity contribution in [3.05, 3.63) is 69.1 Å². The number of nitrogens with one attached hydrogen (secondary N) is 2. The minimum absolute atomic E-state index is 0.0754. The van der Waals surface area contributed by atoms with Gasteiger partial charge in [-0.3, -0.25) is 9.59 Å². The van der Waals surface area contributed by atoms with Crippen LogP contribution in [-0.2, 0) is 24.1 Å². The average Bonchev–Trinajstić information content (AvgIpc) is 3.19. The maximum atomic E-state index is 12.6. The third-order valence-corrected chi connectivity index (χ3v) is 7.06. The van der Waals surface area contributed by atoms with Crippen molar-refractivity contribution in [1.29, 1.82) is 0 Å². The Morgan fingerprint density at radius 1 is 1.12 bits per heavy atom. The molecule has 0 atom stereocenters. The van der Waals surface area contributed by atoms with E-state index in [1.54, 1.807) is 11.3 Å². The minimum atomic E-state index is -0.0830. The molecule has 164 valence electrons. The second-order valence-electron chi connectivity index (χ2n) is 8.11. The molecule has 5 rings (SSSR count). The largest absolute Gasteiger partial charge is 0.492 e. The fraction of sp³-hybridized carbons (Fsp3) is 0.320. The van der Waals surface area contributed by atoms with Crippen molar-refractivity contribution in [3.63, 3.8) is 0 Å². The number of amides is 1. The van der Waals surface area contributed by atoms with E-state index in [1.165, 1.54) is 22.2 Å². The van der Waals surface area contributed by atoms with Crippen molar-refractivity contribution in [2.75, 3.05) is 13.2 Å². The molecule has 0 fully saturated rings. The zero-order valence-corrected chi connectivity index (χ0v) is 18.6. The first-order valence-electron chi connectivity index (χ1n) is 11.1. The highest BCUT2D eigenvalue weighted by atomic mass is 32.1. The molecule has 6 nitrogen and oxygen atoms in total. The van der Waals surface area contributed by atoms with Crippen LogP contribution in [-0.4, -0.2) is 29.0 Å². The van der Waals surface area contributed by atoms with Gasteiger partial charge in [0, 0.05) is 17.7 Å². The second-order valence-corrected chi connectivity index (χ2v) is 9.19. The standard InChI is InChI=1S/C25H25N3O3S/c29-22(26-13-14-31-18-10-9-16-5-1-2-6-17(16)15-18)12-11-21-27-24(30)23-19-7-3-4-8-20(19)32-25(23)28-21/h1-2,5-6,9-10,15H,3-4,7-8,11-14H2,(H,26,29)(H,27,28,30). The summed E-state index contributed by atoms with van der Waals surface area (Å²) in [5, 5.41) is 5.92. The van der Waals surface area contributed by atoms with Crippen LogP contribution in [0.15, 0.2) is 47.3 Å². The third kappa shape index (κ3) is 4.39. The Hall–Kier alpha value is -3.19. The molecule has 1 aliphatic carbocycles. The zero-order chi connectivity index (χ0) is 21.9.